The van der Waals surface area contributed by atoms with Crippen LogP contribution in [0.2, 0.25) is 0 Å². The third-order valence-electron chi connectivity index (χ3n) is 2.97. The fourth-order valence-electron chi connectivity index (χ4n) is 2.03. The predicted octanol–water partition coefficient (Wildman–Crippen LogP) is 1.94. The zero-order valence-electron chi connectivity index (χ0n) is 9.44. The molecular formula is C13H16N2O. The molecule has 0 heterocycles. The fourth-order valence-corrected chi connectivity index (χ4v) is 2.03. The third-order valence-corrected chi connectivity index (χ3v) is 2.97. The van der Waals surface area contributed by atoms with Crippen LogP contribution in [0, 0.1) is 17.2 Å². The second kappa shape index (κ2) is 5.00. The van der Waals surface area contributed by atoms with Crippen molar-refractivity contribution in [1.29, 1.82) is 5.26 Å². The Hall–Kier alpha value is -1.53. The molecular weight excluding hydrogens is 200 g/mol. The minimum Gasteiger partial charge on any atom is -0.490 e. The van der Waals surface area contributed by atoms with Gasteiger partial charge in [0.15, 0.2) is 0 Å². The van der Waals surface area contributed by atoms with Crippen LogP contribution < -0.4 is 10.1 Å². The van der Waals surface area contributed by atoms with Crippen molar-refractivity contribution in [3.05, 3.63) is 29.8 Å². The van der Waals surface area contributed by atoms with Crippen molar-refractivity contribution in [3.63, 3.8) is 0 Å². The number of nitriles is 1. The topological polar surface area (TPSA) is 45.0 Å². The molecule has 0 radical (unpaired) electrons. The fraction of sp³-hybridized carbons (Fsp3) is 0.462. The molecule has 0 saturated heterocycles. The maximum Gasteiger partial charge on any atom is 0.119 e. The minimum absolute atomic E-state index is 0.353. The molecule has 84 valence electrons. The summed E-state index contributed by atoms with van der Waals surface area (Å²) in [5, 5.41) is 11.8. The van der Waals surface area contributed by atoms with Crippen LogP contribution in [0.3, 0.4) is 0 Å². The van der Waals surface area contributed by atoms with Crippen molar-refractivity contribution in [2.45, 2.75) is 18.9 Å². The lowest BCUT2D eigenvalue weighted by Gasteiger charge is -2.35. The average Bonchev–Trinajstić information content (AvgIpc) is 2.27. The van der Waals surface area contributed by atoms with Gasteiger partial charge in [-0.1, -0.05) is 0 Å². The molecule has 0 unspecified atom stereocenters. The Morgan fingerprint density at radius 2 is 2.06 bits per heavy atom. The average molecular weight is 216 g/mol. The van der Waals surface area contributed by atoms with Gasteiger partial charge in [0.25, 0.3) is 0 Å². The largest absolute Gasteiger partial charge is 0.490 e. The summed E-state index contributed by atoms with van der Waals surface area (Å²) in [6.45, 7) is 1.08. The summed E-state index contributed by atoms with van der Waals surface area (Å²) in [6, 6.07) is 9.41. The molecule has 16 heavy (non-hydrogen) atoms. The standard InChI is InChI=1S/C13H16N2O/c1-15-9-11-6-13(7-11)16-12-4-2-10(8-14)3-5-12/h2-5,11,13,15H,6-7,9H2,1H3. The lowest BCUT2D eigenvalue weighted by Crippen LogP contribution is -2.38. The van der Waals surface area contributed by atoms with Crippen LogP contribution in [0.25, 0.3) is 0 Å². The van der Waals surface area contributed by atoms with Gasteiger partial charge in [0.05, 0.1) is 17.7 Å². The normalized spacial score (nSPS) is 23.2. The molecule has 0 amide bonds. The molecule has 1 N–H and O–H groups in total. The molecule has 3 heteroatoms. The molecule has 1 aliphatic rings. The quantitative estimate of drug-likeness (QED) is 0.836. The van der Waals surface area contributed by atoms with Gasteiger partial charge in [-0.25, -0.2) is 0 Å². The number of benzene rings is 1. The Morgan fingerprint density at radius 3 is 2.62 bits per heavy atom. The van der Waals surface area contributed by atoms with Crippen LogP contribution in [-0.2, 0) is 0 Å². The maximum atomic E-state index is 8.66. The number of rotatable bonds is 4. The van der Waals surface area contributed by atoms with Crippen LogP contribution in [0.15, 0.2) is 24.3 Å². The van der Waals surface area contributed by atoms with E-state index in [1.165, 1.54) is 0 Å². The van der Waals surface area contributed by atoms with Crippen LogP contribution >= 0.6 is 0 Å². The summed E-state index contributed by atoms with van der Waals surface area (Å²) in [6.07, 6.45) is 2.60. The Labute approximate surface area is 96.0 Å². The van der Waals surface area contributed by atoms with E-state index in [0.29, 0.717) is 11.7 Å². The second-order valence-corrected chi connectivity index (χ2v) is 4.27. The van der Waals surface area contributed by atoms with Crippen LogP contribution in [0.1, 0.15) is 18.4 Å². The van der Waals surface area contributed by atoms with Gasteiger partial charge in [-0.3, -0.25) is 0 Å². The number of hydrogen-bond donors (Lipinski definition) is 1. The Bertz CT molecular complexity index is 374. The first-order chi connectivity index (χ1) is 7.81. The molecule has 0 aliphatic heterocycles. The number of nitrogens with one attached hydrogen (secondary N) is 1. The van der Waals surface area contributed by atoms with Crippen LogP contribution in [-0.4, -0.2) is 19.7 Å². The smallest absolute Gasteiger partial charge is 0.119 e. The molecule has 2 rings (SSSR count). The van der Waals surface area contributed by atoms with Gasteiger partial charge < -0.3 is 10.1 Å². The van der Waals surface area contributed by atoms with E-state index >= 15 is 0 Å². The van der Waals surface area contributed by atoms with Gasteiger partial charge >= 0.3 is 0 Å². The van der Waals surface area contributed by atoms with Crippen molar-refractivity contribution in [1.82, 2.24) is 5.32 Å². The van der Waals surface area contributed by atoms with Gasteiger partial charge in [0.1, 0.15) is 5.75 Å². The number of hydrogen-bond acceptors (Lipinski definition) is 3. The summed E-state index contributed by atoms with van der Waals surface area (Å²) in [4.78, 5) is 0. The van der Waals surface area contributed by atoms with E-state index < -0.39 is 0 Å². The summed E-state index contributed by atoms with van der Waals surface area (Å²) >= 11 is 0. The monoisotopic (exact) mass is 216 g/mol. The highest BCUT2D eigenvalue weighted by atomic mass is 16.5. The van der Waals surface area contributed by atoms with Crippen molar-refractivity contribution in [2.24, 2.45) is 5.92 Å². The Balaban J connectivity index is 1.80. The van der Waals surface area contributed by atoms with Crippen molar-refractivity contribution in [3.8, 4) is 11.8 Å². The molecule has 1 aromatic rings. The van der Waals surface area contributed by atoms with E-state index in [1.807, 2.05) is 19.2 Å². The van der Waals surface area contributed by atoms with E-state index in [0.717, 1.165) is 31.1 Å². The zero-order valence-corrected chi connectivity index (χ0v) is 9.44. The molecule has 0 atom stereocenters. The van der Waals surface area contributed by atoms with Crippen molar-refractivity contribution in [2.75, 3.05) is 13.6 Å². The first-order valence-electron chi connectivity index (χ1n) is 5.63. The predicted molar refractivity (Wildman–Crippen MR) is 62.2 cm³/mol. The van der Waals surface area contributed by atoms with E-state index in [1.54, 1.807) is 12.1 Å². The van der Waals surface area contributed by atoms with Gasteiger partial charge in [-0.05, 0) is 56.6 Å². The molecule has 0 spiro atoms. The highest BCUT2D eigenvalue weighted by Gasteiger charge is 2.29. The summed E-state index contributed by atoms with van der Waals surface area (Å²) < 4.78 is 5.79. The SMILES string of the molecule is CNCC1CC(Oc2ccc(C#N)cc2)C1. The molecule has 0 bridgehead atoms. The summed E-state index contributed by atoms with van der Waals surface area (Å²) in [7, 11) is 1.98. The van der Waals surface area contributed by atoms with E-state index in [4.69, 9.17) is 10.00 Å². The van der Waals surface area contributed by atoms with Gasteiger partial charge in [-0.15, -0.1) is 0 Å². The lowest BCUT2D eigenvalue weighted by atomic mass is 9.82. The van der Waals surface area contributed by atoms with Crippen molar-refractivity contribution >= 4 is 0 Å². The number of ether oxygens (including phenoxy) is 1. The molecule has 0 aromatic heterocycles. The maximum absolute atomic E-state index is 8.66. The Morgan fingerprint density at radius 1 is 1.38 bits per heavy atom. The first-order valence-corrected chi connectivity index (χ1v) is 5.63. The van der Waals surface area contributed by atoms with E-state index in [9.17, 15) is 0 Å². The first kappa shape index (κ1) is 11.0. The second-order valence-electron chi connectivity index (χ2n) is 4.27. The highest BCUT2D eigenvalue weighted by molar-refractivity contribution is 5.34. The van der Waals surface area contributed by atoms with Crippen molar-refractivity contribution < 1.29 is 4.74 Å². The van der Waals surface area contributed by atoms with E-state index in [-0.39, 0.29) is 0 Å². The zero-order chi connectivity index (χ0) is 11.4. The molecule has 1 saturated carbocycles. The minimum atomic E-state index is 0.353. The van der Waals surface area contributed by atoms with Crippen LogP contribution in [0.4, 0.5) is 0 Å². The molecule has 1 aliphatic carbocycles. The molecule has 1 fully saturated rings. The highest BCUT2D eigenvalue weighted by Crippen LogP contribution is 2.30. The lowest BCUT2D eigenvalue weighted by molar-refractivity contribution is 0.0657. The van der Waals surface area contributed by atoms with Crippen LogP contribution in [0.5, 0.6) is 5.75 Å². The van der Waals surface area contributed by atoms with Gasteiger partial charge in [0.2, 0.25) is 0 Å². The van der Waals surface area contributed by atoms with Gasteiger partial charge in [-0.2, -0.15) is 5.26 Å². The Kier molecular flexibility index (Phi) is 3.43. The number of nitrogens with zero attached hydrogens (tertiary/aromatic N) is 1. The molecule has 3 nitrogen and oxygen atoms in total. The molecule has 1 aromatic carbocycles. The third kappa shape index (κ3) is 2.53. The summed E-state index contributed by atoms with van der Waals surface area (Å²) in [5.41, 5.74) is 0.675. The van der Waals surface area contributed by atoms with E-state index in [2.05, 4.69) is 11.4 Å². The summed E-state index contributed by atoms with van der Waals surface area (Å²) in [5.74, 6) is 1.63. The van der Waals surface area contributed by atoms with Gasteiger partial charge in [0, 0.05) is 0 Å².